The summed E-state index contributed by atoms with van der Waals surface area (Å²) >= 11 is 0. The van der Waals surface area contributed by atoms with E-state index in [1.165, 1.54) is 0 Å². The monoisotopic (exact) mass is 358 g/mol. The van der Waals surface area contributed by atoms with Gasteiger partial charge in [0.05, 0.1) is 14.2 Å². The second-order valence-electron chi connectivity index (χ2n) is 5.59. The van der Waals surface area contributed by atoms with Crippen LogP contribution in [0.25, 0.3) is 0 Å². The molecule has 0 saturated carbocycles. The van der Waals surface area contributed by atoms with Crippen molar-refractivity contribution in [1.82, 2.24) is 4.90 Å². The molecule has 2 rings (SSSR count). The predicted molar refractivity (Wildman–Crippen MR) is 96.5 cm³/mol. The average molecular weight is 358 g/mol. The van der Waals surface area contributed by atoms with E-state index in [2.05, 4.69) is 0 Å². The summed E-state index contributed by atoms with van der Waals surface area (Å²) in [7, 11) is 4.84. The van der Waals surface area contributed by atoms with Crippen molar-refractivity contribution in [3.05, 3.63) is 53.6 Å². The van der Waals surface area contributed by atoms with Gasteiger partial charge in [0.1, 0.15) is 5.75 Å². The first-order valence-corrected chi connectivity index (χ1v) is 7.92. The van der Waals surface area contributed by atoms with Gasteiger partial charge in [0.25, 0.3) is 11.8 Å². The number of carbonyl (C=O) groups excluding carboxylic acids is 2. The summed E-state index contributed by atoms with van der Waals surface area (Å²) in [6.45, 7) is 0.155. The van der Waals surface area contributed by atoms with Gasteiger partial charge in [0, 0.05) is 24.7 Å². The van der Waals surface area contributed by atoms with Crippen molar-refractivity contribution in [2.75, 3.05) is 27.9 Å². The van der Waals surface area contributed by atoms with E-state index >= 15 is 0 Å². The van der Waals surface area contributed by atoms with Gasteiger partial charge in [-0.25, -0.2) is 0 Å². The van der Waals surface area contributed by atoms with E-state index in [4.69, 9.17) is 19.9 Å². The summed E-state index contributed by atoms with van der Waals surface area (Å²) in [5, 5.41) is 0. The van der Waals surface area contributed by atoms with E-state index in [1.54, 1.807) is 56.5 Å². The van der Waals surface area contributed by atoms with Crippen LogP contribution in [0.1, 0.15) is 15.9 Å². The molecule has 0 spiro atoms. The van der Waals surface area contributed by atoms with Crippen molar-refractivity contribution in [3.63, 3.8) is 0 Å². The molecule has 7 nitrogen and oxygen atoms in total. The summed E-state index contributed by atoms with van der Waals surface area (Å²) in [6.07, 6.45) is 0. The van der Waals surface area contributed by atoms with Crippen molar-refractivity contribution >= 4 is 11.8 Å². The molecule has 2 aromatic rings. The Morgan fingerprint density at radius 1 is 1.04 bits per heavy atom. The molecule has 0 aliphatic heterocycles. The van der Waals surface area contributed by atoms with Gasteiger partial charge in [-0.05, 0) is 30.3 Å². The van der Waals surface area contributed by atoms with Gasteiger partial charge < -0.3 is 24.8 Å². The number of rotatable bonds is 8. The summed E-state index contributed by atoms with van der Waals surface area (Å²) in [5.74, 6) is 0.970. The van der Waals surface area contributed by atoms with Crippen LogP contribution >= 0.6 is 0 Å². The minimum atomic E-state index is -0.558. The first-order chi connectivity index (χ1) is 12.5. The van der Waals surface area contributed by atoms with E-state index < -0.39 is 5.91 Å². The molecule has 0 bridgehead atoms. The quantitative estimate of drug-likeness (QED) is 0.777. The van der Waals surface area contributed by atoms with Crippen LogP contribution < -0.4 is 19.9 Å². The molecule has 26 heavy (non-hydrogen) atoms. The maximum atomic E-state index is 12.6. The number of para-hydroxylation sites is 1. The summed E-state index contributed by atoms with van der Waals surface area (Å²) < 4.78 is 15.9. The fourth-order valence-electron chi connectivity index (χ4n) is 2.47. The lowest BCUT2D eigenvalue weighted by atomic mass is 10.1. The number of nitrogens with two attached hydrogens (primary N) is 1. The number of nitrogens with zero attached hydrogens (tertiary/aromatic N) is 1. The fraction of sp³-hybridized carbons (Fsp3) is 0.263. The first-order valence-electron chi connectivity index (χ1n) is 7.92. The van der Waals surface area contributed by atoms with Gasteiger partial charge in [0.2, 0.25) is 0 Å². The number of hydrogen-bond donors (Lipinski definition) is 1. The molecule has 0 unspecified atom stereocenters. The second-order valence-corrected chi connectivity index (χ2v) is 5.59. The molecule has 2 N–H and O–H groups in total. The average Bonchev–Trinajstić information content (AvgIpc) is 2.65. The molecule has 0 aliphatic rings. The molecule has 0 radical (unpaired) electrons. The fourth-order valence-corrected chi connectivity index (χ4v) is 2.47. The van der Waals surface area contributed by atoms with Gasteiger partial charge >= 0.3 is 0 Å². The Kier molecular flexibility index (Phi) is 6.43. The number of methoxy groups -OCH3 is 2. The third-order valence-electron chi connectivity index (χ3n) is 3.72. The van der Waals surface area contributed by atoms with Crippen LogP contribution in [0.3, 0.4) is 0 Å². The lowest BCUT2D eigenvalue weighted by molar-refractivity contribution is -0.119. The molecule has 7 heteroatoms. The Bertz CT molecular complexity index is 774. The zero-order valence-corrected chi connectivity index (χ0v) is 15.0. The Morgan fingerprint density at radius 3 is 2.31 bits per heavy atom. The minimum absolute atomic E-state index is 0.156. The number of ether oxygens (including phenoxy) is 3. The van der Waals surface area contributed by atoms with E-state index in [-0.39, 0.29) is 12.5 Å². The standard InChI is InChI=1S/C19H22N2O5/c1-21(11-14-5-4-6-16(24-2)18(14)25-3)19(23)13-7-9-15(10-8-13)26-12-17(20)22/h4-10H,11-12H2,1-3H3,(H2,20,22). The Morgan fingerprint density at radius 2 is 1.73 bits per heavy atom. The molecule has 2 amide bonds. The predicted octanol–water partition coefficient (Wildman–Crippen LogP) is 1.84. The molecule has 138 valence electrons. The Hall–Kier alpha value is -3.22. The SMILES string of the molecule is COc1cccc(CN(C)C(=O)c2ccc(OCC(N)=O)cc2)c1OC. The molecule has 0 fully saturated rings. The van der Waals surface area contributed by atoms with Crippen molar-refractivity contribution in [1.29, 1.82) is 0 Å². The highest BCUT2D eigenvalue weighted by Gasteiger charge is 2.16. The molecular weight excluding hydrogens is 336 g/mol. The van der Waals surface area contributed by atoms with Crippen molar-refractivity contribution in [2.45, 2.75) is 6.54 Å². The lowest BCUT2D eigenvalue weighted by Gasteiger charge is -2.20. The Labute approximate surface area is 152 Å². The number of carbonyl (C=O) groups is 2. The van der Waals surface area contributed by atoms with Gasteiger partial charge in [-0.3, -0.25) is 9.59 Å². The van der Waals surface area contributed by atoms with E-state index in [0.29, 0.717) is 29.4 Å². The zero-order valence-electron chi connectivity index (χ0n) is 15.0. The van der Waals surface area contributed by atoms with Crippen LogP contribution in [0.15, 0.2) is 42.5 Å². The molecular formula is C19H22N2O5. The molecule has 0 heterocycles. The van der Waals surface area contributed by atoms with Gasteiger partial charge in [-0.2, -0.15) is 0 Å². The van der Waals surface area contributed by atoms with Crippen molar-refractivity contribution < 1.29 is 23.8 Å². The van der Waals surface area contributed by atoms with E-state index in [0.717, 1.165) is 5.56 Å². The maximum Gasteiger partial charge on any atom is 0.255 e. The molecule has 0 saturated heterocycles. The smallest absolute Gasteiger partial charge is 0.255 e. The Balaban J connectivity index is 2.09. The van der Waals surface area contributed by atoms with Crippen molar-refractivity contribution in [2.24, 2.45) is 5.73 Å². The van der Waals surface area contributed by atoms with E-state index in [9.17, 15) is 9.59 Å². The zero-order chi connectivity index (χ0) is 19.1. The molecule has 0 aromatic heterocycles. The normalized spacial score (nSPS) is 10.1. The minimum Gasteiger partial charge on any atom is -0.493 e. The van der Waals surface area contributed by atoms with Crippen LogP contribution in [0.5, 0.6) is 17.2 Å². The van der Waals surface area contributed by atoms with Crippen LogP contribution in [-0.2, 0) is 11.3 Å². The number of primary amides is 1. The van der Waals surface area contributed by atoms with E-state index in [1.807, 2.05) is 12.1 Å². The van der Waals surface area contributed by atoms with Crippen LogP contribution in [0, 0.1) is 0 Å². The highest BCUT2D eigenvalue weighted by Crippen LogP contribution is 2.31. The van der Waals surface area contributed by atoms with Crippen LogP contribution in [-0.4, -0.2) is 44.6 Å². The first kappa shape index (κ1) is 19.1. The third-order valence-corrected chi connectivity index (χ3v) is 3.72. The number of amides is 2. The van der Waals surface area contributed by atoms with Gasteiger partial charge in [-0.1, -0.05) is 12.1 Å². The van der Waals surface area contributed by atoms with Crippen LogP contribution in [0.4, 0.5) is 0 Å². The van der Waals surface area contributed by atoms with Gasteiger partial charge in [0.15, 0.2) is 18.1 Å². The second kappa shape index (κ2) is 8.75. The lowest BCUT2D eigenvalue weighted by Crippen LogP contribution is -2.26. The van der Waals surface area contributed by atoms with Crippen LogP contribution in [0.2, 0.25) is 0 Å². The highest BCUT2D eigenvalue weighted by atomic mass is 16.5. The maximum absolute atomic E-state index is 12.6. The highest BCUT2D eigenvalue weighted by molar-refractivity contribution is 5.94. The van der Waals surface area contributed by atoms with Gasteiger partial charge in [-0.15, -0.1) is 0 Å². The summed E-state index contributed by atoms with van der Waals surface area (Å²) in [6, 6.07) is 12.0. The molecule has 0 aliphatic carbocycles. The molecule has 0 atom stereocenters. The number of hydrogen-bond acceptors (Lipinski definition) is 5. The topological polar surface area (TPSA) is 91.1 Å². The van der Waals surface area contributed by atoms with Crippen molar-refractivity contribution in [3.8, 4) is 17.2 Å². The summed E-state index contributed by atoms with van der Waals surface area (Å²) in [5.41, 5.74) is 6.37. The third kappa shape index (κ3) is 4.66. The largest absolute Gasteiger partial charge is 0.493 e. The number of benzene rings is 2. The summed E-state index contributed by atoms with van der Waals surface area (Å²) in [4.78, 5) is 24.9. The molecule has 2 aromatic carbocycles.